The smallest absolute Gasteiger partial charge is 0.244 e. The Bertz CT molecular complexity index is 1300. The highest BCUT2D eigenvalue weighted by Crippen LogP contribution is 2.32. The van der Waals surface area contributed by atoms with Gasteiger partial charge < -0.3 is 4.90 Å². The maximum absolute atomic E-state index is 13.0. The molecule has 1 saturated carbocycles. The van der Waals surface area contributed by atoms with Crippen molar-refractivity contribution in [3.05, 3.63) is 54.5 Å². The van der Waals surface area contributed by atoms with Crippen LogP contribution in [0.1, 0.15) is 31.7 Å². The van der Waals surface area contributed by atoms with Crippen LogP contribution in [0.15, 0.2) is 48.9 Å². The van der Waals surface area contributed by atoms with Crippen LogP contribution in [-0.4, -0.2) is 55.7 Å². The summed E-state index contributed by atoms with van der Waals surface area (Å²) >= 11 is 0. The van der Waals surface area contributed by atoms with Crippen molar-refractivity contribution in [2.45, 2.75) is 44.0 Å². The molecule has 3 aromatic rings. The second-order valence-corrected chi connectivity index (χ2v) is 11.9. The number of benzene rings is 1. The minimum absolute atomic E-state index is 0.0906. The van der Waals surface area contributed by atoms with Gasteiger partial charge in [0.05, 0.1) is 16.9 Å². The number of hydrogen-bond donors (Lipinski definition) is 1. The third kappa shape index (κ3) is 4.64. The summed E-state index contributed by atoms with van der Waals surface area (Å²) in [6.45, 7) is 1.84. The lowest BCUT2D eigenvalue weighted by Gasteiger charge is -2.41. The van der Waals surface area contributed by atoms with Gasteiger partial charge >= 0.3 is 0 Å². The lowest BCUT2D eigenvalue weighted by molar-refractivity contribution is 0.316. The molecular formula is C21H27N5O4S2. The summed E-state index contributed by atoms with van der Waals surface area (Å²) in [5, 5.41) is 0.640. The second-order valence-electron chi connectivity index (χ2n) is 8.16. The molecule has 0 aliphatic heterocycles. The zero-order chi connectivity index (χ0) is 22.9. The number of rotatable bonds is 9. The number of sulfonamides is 1. The largest absolute Gasteiger partial charge is 0.356 e. The number of hydrogen-bond acceptors (Lipinski definition) is 7. The van der Waals surface area contributed by atoms with E-state index in [2.05, 4.69) is 14.7 Å². The molecule has 11 heteroatoms. The Morgan fingerprint density at radius 1 is 1.09 bits per heavy atom. The van der Waals surface area contributed by atoms with E-state index < -0.39 is 20.0 Å². The molecule has 1 N–H and O–H groups in total. The lowest BCUT2D eigenvalue weighted by Crippen LogP contribution is -2.53. The minimum Gasteiger partial charge on any atom is -0.356 e. The van der Waals surface area contributed by atoms with E-state index in [4.69, 9.17) is 0 Å². The predicted octanol–water partition coefficient (Wildman–Crippen LogP) is 2.11. The van der Waals surface area contributed by atoms with Gasteiger partial charge in [0.15, 0.2) is 5.65 Å². The molecule has 172 valence electrons. The van der Waals surface area contributed by atoms with Gasteiger partial charge in [0.25, 0.3) is 0 Å². The van der Waals surface area contributed by atoms with Crippen molar-refractivity contribution < 1.29 is 16.8 Å². The van der Waals surface area contributed by atoms with E-state index in [1.54, 1.807) is 18.2 Å². The van der Waals surface area contributed by atoms with Gasteiger partial charge in [-0.2, -0.15) is 0 Å². The molecule has 0 atom stereocenters. The molecule has 1 aliphatic carbocycles. The molecule has 0 bridgehead atoms. The monoisotopic (exact) mass is 477 g/mol. The molecule has 0 amide bonds. The summed E-state index contributed by atoms with van der Waals surface area (Å²) in [5.74, 6) is 0.625. The van der Waals surface area contributed by atoms with Crippen molar-refractivity contribution in [3.63, 3.8) is 0 Å². The Labute approximate surface area is 188 Å². The fraction of sp³-hybridized carbons (Fsp3) is 0.429. The van der Waals surface area contributed by atoms with Crippen LogP contribution in [0.2, 0.25) is 0 Å². The second kappa shape index (κ2) is 8.80. The van der Waals surface area contributed by atoms with E-state index in [9.17, 15) is 16.8 Å². The van der Waals surface area contributed by atoms with Crippen LogP contribution in [-0.2, 0) is 25.8 Å². The highest BCUT2D eigenvalue weighted by atomic mass is 32.2. The van der Waals surface area contributed by atoms with Crippen LogP contribution in [0, 0.1) is 0 Å². The third-order valence-corrected chi connectivity index (χ3v) is 8.96. The molecule has 0 unspecified atom stereocenters. The first-order valence-corrected chi connectivity index (χ1v) is 13.8. The highest BCUT2D eigenvalue weighted by molar-refractivity contribution is 7.89. The van der Waals surface area contributed by atoms with Crippen molar-refractivity contribution >= 4 is 36.9 Å². The van der Waals surface area contributed by atoms with Crippen molar-refractivity contribution in [2.24, 2.45) is 0 Å². The fourth-order valence-corrected chi connectivity index (χ4v) is 6.79. The molecule has 1 aromatic carbocycles. The van der Waals surface area contributed by atoms with Gasteiger partial charge in [0, 0.05) is 25.3 Å². The predicted molar refractivity (Wildman–Crippen MR) is 124 cm³/mol. The molecule has 0 radical (unpaired) electrons. The van der Waals surface area contributed by atoms with Crippen molar-refractivity contribution in [1.29, 1.82) is 0 Å². The Hall–Kier alpha value is -2.50. The lowest BCUT2D eigenvalue weighted by atomic mass is 9.86. The number of anilines is 1. The van der Waals surface area contributed by atoms with Crippen LogP contribution < -0.4 is 9.62 Å². The number of fused-ring (bicyclic) bond motifs is 1. The van der Waals surface area contributed by atoms with Gasteiger partial charge in [-0.3, -0.25) is 0 Å². The molecule has 2 aromatic heterocycles. The summed E-state index contributed by atoms with van der Waals surface area (Å²) < 4.78 is 53.9. The molecular weight excluding hydrogens is 450 g/mol. The van der Waals surface area contributed by atoms with Gasteiger partial charge in [0.2, 0.25) is 20.0 Å². The van der Waals surface area contributed by atoms with Gasteiger partial charge in [-0.15, -0.1) is 0 Å². The first-order chi connectivity index (χ1) is 15.2. The fourth-order valence-electron chi connectivity index (χ4n) is 4.03. The van der Waals surface area contributed by atoms with Crippen molar-refractivity contribution in [1.82, 2.24) is 18.7 Å². The van der Waals surface area contributed by atoms with Gasteiger partial charge in [-0.1, -0.05) is 37.3 Å². The summed E-state index contributed by atoms with van der Waals surface area (Å²) in [5.41, 5.74) is 1.03. The molecule has 1 aliphatic rings. The first kappa shape index (κ1) is 22.7. The van der Waals surface area contributed by atoms with Crippen LogP contribution in [0.3, 0.4) is 0 Å². The number of aromatic nitrogens is 3. The molecule has 9 nitrogen and oxygen atoms in total. The minimum atomic E-state index is -3.65. The van der Waals surface area contributed by atoms with E-state index in [1.807, 2.05) is 37.1 Å². The topological polar surface area (TPSA) is 114 Å². The van der Waals surface area contributed by atoms with E-state index in [0.717, 1.165) is 0 Å². The maximum atomic E-state index is 13.0. The normalized spacial score (nSPS) is 19.1. The van der Waals surface area contributed by atoms with Crippen LogP contribution in [0.4, 0.5) is 5.82 Å². The Morgan fingerprint density at radius 2 is 1.81 bits per heavy atom. The average molecular weight is 478 g/mol. The van der Waals surface area contributed by atoms with E-state index >= 15 is 0 Å². The Balaban J connectivity index is 1.53. The summed E-state index contributed by atoms with van der Waals surface area (Å²) in [4.78, 5) is 10.6. The SMILES string of the molecule is CCCS(=O)(=O)NC1CC(N(C)c2ncnc3c2ccn3S(=O)(=O)Cc2ccccc2)C1. The zero-order valence-corrected chi connectivity index (χ0v) is 19.7. The molecule has 0 saturated heterocycles. The van der Waals surface area contributed by atoms with E-state index in [0.29, 0.717) is 41.7 Å². The number of nitrogens with one attached hydrogen (secondary N) is 1. The Kier molecular flexibility index (Phi) is 6.24. The van der Waals surface area contributed by atoms with E-state index in [-0.39, 0.29) is 23.6 Å². The molecule has 0 spiro atoms. The summed E-state index contributed by atoms with van der Waals surface area (Å²) in [6, 6.07) is 10.7. The van der Waals surface area contributed by atoms with Crippen LogP contribution in [0.25, 0.3) is 11.0 Å². The van der Waals surface area contributed by atoms with Gasteiger partial charge in [0.1, 0.15) is 12.1 Å². The van der Waals surface area contributed by atoms with Crippen molar-refractivity contribution in [3.8, 4) is 0 Å². The van der Waals surface area contributed by atoms with Crippen LogP contribution >= 0.6 is 0 Å². The van der Waals surface area contributed by atoms with Gasteiger partial charge in [-0.25, -0.2) is 35.5 Å². The quantitative estimate of drug-likeness (QED) is 0.502. The first-order valence-electron chi connectivity index (χ1n) is 10.5. The standard InChI is InChI=1S/C21H27N5O4S2/c1-3-11-31(27,28)24-17-12-18(13-17)25(2)20-19-9-10-26(21(19)23-15-22-20)32(29,30)14-16-7-5-4-6-8-16/h4-10,15,17-18,24H,3,11-14H2,1-2H3. The number of nitrogens with zero attached hydrogens (tertiary/aromatic N) is 4. The zero-order valence-electron chi connectivity index (χ0n) is 18.0. The molecule has 1 fully saturated rings. The molecule has 32 heavy (non-hydrogen) atoms. The average Bonchev–Trinajstić information content (AvgIpc) is 3.15. The van der Waals surface area contributed by atoms with Crippen molar-refractivity contribution in [2.75, 3.05) is 17.7 Å². The molecule has 2 heterocycles. The molecule has 4 rings (SSSR count). The summed E-state index contributed by atoms with van der Waals surface area (Å²) in [6.07, 6.45) is 4.78. The third-order valence-electron chi connectivity index (χ3n) is 5.73. The van der Waals surface area contributed by atoms with E-state index in [1.165, 1.54) is 16.5 Å². The van der Waals surface area contributed by atoms with Gasteiger partial charge in [-0.05, 0) is 30.9 Å². The summed E-state index contributed by atoms with van der Waals surface area (Å²) in [7, 11) is -5.01. The maximum Gasteiger partial charge on any atom is 0.244 e. The van der Waals surface area contributed by atoms with Crippen LogP contribution in [0.5, 0.6) is 0 Å². The highest BCUT2D eigenvalue weighted by Gasteiger charge is 2.35. The Morgan fingerprint density at radius 3 is 2.50 bits per heavy atom.